The van der Waals surface area contributed by atoms with E-state index in [9.17, 15) is 9.18 Å². The second-order valence-electron chi connectivity index (χ2n) is 12.0. The molecule has 1 amide bonds. The van der Waals surface area contributed by atoms with E-state index in [4.69, 9.17) is 19.9 Å². The van der Waals surface area contributed by atoms with E-state index >= 15 is 0 Å². The maximum Gasteiger partial charge on any atom is 0.404 e. The molecule has 4 aliphatic rings. The van der Waals surface area contributed by atoms with Crippen LogP contribution in [-0.4, -0.2) is 73.0 Å². The third-order valence-electron chi connectivity index (χ3n) is 8.84. The van der Waals surface area contributed by atoms with Gasteiger partial charge in [0.2, 0.25) is 0 Å². The van der Waals surface area contributed by atoms with E-state index in [2.05, 4.69) is 19.8 Å². The molecule has 0 radical (unpaired) electrons. The Morgan fingerprint density at radius 2 is 1.85 bits per heavy atom. The van der Waals surface area contributed by atoms with Crippen LogP contribution in [-0.2, 0) is 22.3 Å². The Labute approximate surface area is 238 Å². The molecule has 3 fully saturated rings. The predicted octanol–water partition coefficient (Wildman–Crippen LogP) is 4.19. The lowest BCUT2D eigenvalue weighted by molar-refractivity contribution is -0.0430. The van der Waals surface area contributed by atoms with Gasteiger partial charge < -0.3 is 29.7 Å². The van der Waals surface area contributed by atoms with Crippen LogP contribution in [0.5, 0.6) is 11.5 Å². The van der Waals surface area contributed by atoms with Crippen LogP contribution in [0.15, 0.2) is 48.9 Å². The number of carbonyl (C=O) groups excluding carboxylic acids is 1. The number of halogens is 1. The largest absolute Gasteiger partial charge is 0.451 e. The molecule has 1 spiro atoms. The Morgan fingerprint density at radius 3 is 2.66 bits per heavy atom. The number of anilines is 1. The van der Waals surface area contributed by atoms with Gasteiger partial charge in [0.15, 0.2) is 11.6 Å². The van der Waals surface area contributed by atoms with Crippen molar-refractivity contribution in [3.63, 3.8) is 0 Å². The normalized spacial score (nSPS) is 21.7. The van der Waals surface area contributed by atoms with Crippen molar-refractivity contribution in [2.75, 3.05) is 50.8 Å². The van der Waals surface area contributed by atoms with Crippen LogP contribution in [0, 0.1) is 17.2 Å². The van der Waals surface area contributed by atoms with Gasteiger partial charge in [-0.05, 0) is 53.6 Å². The summed E-state index contributed by atoms with van der Waals surface area (Å²) in [5.74, 6) is 2.22. The molecule has 2 N–H and O–H groups in total. The molecule has 3 aromatic rings. The molecule has 41 heavy (non-hydrogen) atoms. The predicted molar refractivity (Wildman–Crippen MR) is 150 cm³/mol. The fourth-order valence-electron chi connectivity index (χ4n) is 6.99. The first-order chi connectivity index (χ1) is 19.9. The average molecular weight is 560 g/mol. The second kappa shape index (κ2) is 10.6. The van der Waals surface area contributed by atoms with Crippen LogP contribution in [0.3, 0.4) is 0 Å². The summed E-state index contributed by atoms with van der Waals surface area (Å²) in [6.07, 6.45) is 5.67. The number of benzene rings is 2. The Morgan fingerprint density at radius 1 is 1.05 bits per heavy atom. The van der Waals surface area contributed by atoms with Crippen molar-refractivity contribution in [3.05, 3.63) is 65.9 Å². The van der Waals surface area contributed by atoms with Crippen LogP contribution < -0.4 is 15.4 Å². The second-order valence-corrected chi connectivity index (χ2v) is 12.0. The summed E-state index contributed by atoms with van der Waals surface area (Å²) in [5, 5.41) is 0. The molecule has 3 saturated heterocycles. The van der Waals surface area contributed by atoms with Gasteiger partial charge in [0.1, 0.15) is 24.0 Å². The highest BCUT2D eigenvalue weighted by atomic mass is 19.1. The molecule has 4 heterocycles. The van der Waals surface area contributed by atoms with Crippen LogP contribution in [0.2, 0.25) is 0 Å². The van der Waals surface area contributed by atoms with E-state index in [1.54, 1.807) is 18.6 Å². The zero-order valence-corrected chi connectivity index (χ0v) is 22.9. The van der Waals surface area contributed by atoms with Gasteiger partial charge in [-0.25, -0.2) is 19.2 Å². The Balaban J connectivity index is 1.05. The van der Waals surface area contributed by atoms with Gasteiger partial charge >= 0.3 is 6.09 Å². The van der Waals surface area contributed by atoms with Crippen molar-refractivity contribution in [3.8, 4) is 22.6 Å². The zero-order valence-electron chi connectivity index (χ0n) is 22.9. The standard InChI is InChI=1S/C31H34FN5O4/c32-24-3-4-27(26(12-24)22-2-1-21-10-25(40-30(33)38)11-23(21)9-22)41-28-13-34-19-35-29(28)37-17-31(18-37)15-36(16-31)14-20-5-7-39-8-6-20/h1-4,9,12-13,19-20,25H,5-8,10-11,14-18H2,(H2,33,38). The molecule has 7 rings (SSSR count). The molecule has 1 atom stereocenters. The van der Waals surface area contributed by atoms with Crippen molar-refractivity contribution in [2.45, 2.75) is 31.8 Å². The van der Waals surface area contributed by atoms with Crippen LogP contribution in [0.4, 0.5) is 15.0 Å². The summed E-state index contributed by atoms with van der Waals surface area (Å²) < 4.78 is 31.6. The number of hydrogen-bond donors (Lipinski definition) is 1. The SMILES string of the molecule is NC(=O)OC1Cc2ccc(-c3cc(F)ccc3Oc3cncnc3N3CC4(CN(CC5CCOCC5)C4)C3)cc2C1. The van der Waals surface area contributed by atoms with Crippen molar-refractivity contribution in [1.29, 1.82) is 0 Å². The molecule has 1 aromatic heterocycles. The van der Waals surface area contributed by atoms with E-state index in [1.807, 2.05) is 18.2 Å². The topological polar surface area (TPSA) is 103 Å². The smallest absolute Gasteiger partial charge is 0.404 e. The molecule has 2 aromatic carbocycles. The van der Waals surface area contributed by atoms with Gasteiger partial charge in [-0.3, -0.25) is 0 Å². The summed E-state index contributed by atoms with van der Waals surface area (Å²) in [4.78, 5) is 24.8. The molecule has 1 unspecified atom stereocenters. The molecule has 1 aliphatic carbocycles. The minimum Gasteiger partial charge on any atom is -0.451 e. The summed E-state index contributed by atoms with van der Waals surface area (Å²) in [6.45, 7) is 7.05. The number of fused-ring (bicyclic) bond motifs is 1. The molecule has 3 aliphatic heterocycles. The number of ether oxygens (including phenoxy) is 3. The number of rotatable bonds is 7. The lowest BCUT2D eigenvalue weighted by Crippen LogP contribution is -2.72. The van der Waals surface area contributed by atoms with Crippen LogP contribution in [0.25, 0.3) is 11.1 Å². The van der Waals surface area contributed by atoms with Crippen molar-refractivity contribution in [1.82, 2.24) is 14.9 Å². The number of primary amides is 1. The Bertz CT molecular complexity index is 1450. The monoisotopic (exact) mass is 559 g/mol. The van der Waals surface area contributed by atoms with E-state index in [-0.39, 0.29) is 11.9 Å². The first-order valence-electron chi connectivity index (χ1n) is 14.3. The zero-order chi connectivity index (χ0) is 28.0. The minimum absolute atomic E-state index is 0.283. The number of nitrogens with zero attached hydrogens (tertiary/aromatic N) is 4. The molecule has 0 bridgehead atoms. The fraction of sp³-hybridized carbons (Fsp3) is 0.452. The Kier molecular flexibility index (Phi) is 6.75. The lowest BCUT2D eigenvalue weighted by atomic mass is 9.72. The third-order valence-corrected chi connectivity index (χ3v) is 8.84. The van der Waals surface area contributed by atoms with Crippen LogP contribution in [0.1, 0.15) is 24.0 Å². The number of nitrogens with two attached hydrogens (primary N) is 1. The average Bonchev–Trinajstić information content (AvgIpc) is 3.32. The van der Waals surface area contributed by atoms with Gasteiger partial charge in [-0.1, -0.05) is 18.2 Å². The Hall–Kier alpha value is -3.76. The van der Waals surface area contributed by atoms with Crippen molar-refractivity contribution >= 4 is 11.9 Å². The number of aromatic nitrogens is 2. The summed E-state index contributed by atoms with van der Waals surface area (Å²) >= 11 is 0. The van der Waals surface area contributed by atoms with E-state index in [0.29, 0.717) is 35.3 Å². The fourth-order valence-corrected chi connectivity index (χ4v) is 6.99. The van der Waals surface area contributed by atoms with Gasteiger partial charge in [0.25, 0.3) is 0 Å². The molecular formula is C31H34FN5O4. The lowest BCUT2D eigenvalue weighted by Gasteiger charge is -2.61. The molecule has 9 nitrogen and oxygen atoms in total. The van der Waals surface area contributed by atoms with Gasteiger partial charge in [-0.15, -0.1) is 0 Å². The number of amides is 1. The van der Waals surface area contributed by atoms with Gasteiger partial charge in [0, 0.05) is 69.8 Å². The maximum atomic E-state index is 14.5. The number of likely N-dealkylation sites (tertiary alicyclic amines) is 1. The molecular weight excluding hydrogens is 525 g/mol. The minimum atomic E-state index is -0.775. The van der Waals surface area contributed by atoms with Crippen LogP contribution >= 0.6 is 0 Å². The highest BCUT2D eigenvalue weighted by Gasteiger charge is 2.52. The van der Waals surface area contributed by atoms with Gasteiger partial charge in [0.05, 0.1) is 6.20 Å². The van der Waals surface area contributed by atoms with Crippen molar-refractivity contribution in [2.24, 2.45) is 17.1 Å². The van der Waals surface area contributed by atoms with Crippen molar-refractivity contribution < 1.29 is 23.4 Å². The van der Waals surface area contributed by atoms with Gasteiger partial charge in [-0.2, -0.15) is 0 Å². The first-order valence-corrected chi connectivity index (χ1v) is 14.3. The summed E-state index contributed by atoms with van der Waals surface area (Å²) in [6, 6.07) is 10.5. The maximum absolute atomic E-state index is 14.5. The number of hydrogen-bond acceptors (Lipinski definition) is 8. The van der Waals surface area contributed by atoms with E-state index < -0.39 is 6.09 Å². The summed E-state index contributed by atoms with van der Waals surface area (Å²) in [5.41, 5.74) is 9.11. The molecule has 10 heteroatoms. The van der Waals surface area contributed by atoms with E-state index in [0.717, 1.165) is 80.7 Å². The molecule has 214 valence electrons. The summed E-state index contributed by atoms with van der Waals surface area (Å²) in [7, 11) is 0. The third kappa shape index (κ3) is 5.34. The first kappa shape index (κ1) is 26.2. The quantitative estimate of drug-likeness (QED) is 0.460. The van der Waals surface area contributed by atoms with E-state index in [1.165, 1.54) is 18.7 Å². The molecule has 0 saturated carbocycles. The highest BCUT2D eigenvalue weighted by Crippen LogP contribution is 2.45. The number of carbonyl (C=O) groups is 1. The highest BCUT2D eigenvalue weighted by molar-refractivity contribution is 5.73.